The lowest BCUT2D eigenvalue weighted by Gasteiger charge is -2.08. The van der Waals surface area contributed by atoms with E-state index in [1.165, 1.54) is 6.07 Å². The minimum absolute atomic E-state index is 0.0296. The van der Waals surface area contributed by atoms with Crippen LogP contribution < -0.4 is 15.8 Å². The van der Waals surface area contributed by atoms with Gasteiger partial charge in [0.05, 0.1) is 13.0 Å². The second-order valence-corrected chi connectivity index (χ2v) is 4.31. The number of nitrogen functional groups attached to an aromatic ring is 1. The molecule has 110 valence electrons. The van der Waals surface area contributed by atoms with Crippen LogP contribution in [-0.2, 0) is 4.79 Å². The molecule has 3 N–H and O–H groups in total. The molecule has 21 heavy (non-hydrogen) atoms. The maximum absolute atomic E-state index is 13.3. The first-order valence-corrected chi connectivity index (χ1v) is 6.28. The van der Waals surface area contributed by atoms with Gasteiger partial charge in [0.1, 0.15) is 23.1 Å². The number of carbonyl (C=O) groups excluding carboxylic acids is 1. The molecule has 0 bridgehead atoms. The molecule has 0 spiro atoms. The van der Waals surface area contributed by atoms with Crippen molar-refractivity contribution in [3.05, 3.63) is 54.1 Å². The van der Waals surface area contributed by atoms with Gasteiger partial charge >= 0.3 is 0 Å². The molecule has 0 saturated carbocycles. The van der Waals surface area contributed by atoms with Crippen LogP contribution in [-0.4, -0.2) is 12.5 Å². The number of hydrogen-bond acceptors (Lipinski definition) is 3. The van der Waals surface area contributed by atoms with Crippen molar-refractivity contribution in [2.24, 2.45) is 0 Å². The summed E-state index contributed by atoms with van der Waals surface area (Å²) in [5.41, 5.74) is 5.68. The average molecular weight is 292 g/mol. The largest absolute Gasteiger partial charge is 0.493 e. The van der Waals surface area contributed by atoms with E-state index in [0.717, 1.165) is 12.1 Å². The number of carbonyl (C=O) groups is 1. The Hall–Kier alpha value is -2.63. The zero-order chi connectivity index (χ0) is 15.2. The van der Waals surface area contributed by atoms with Gasteiger partial charge in [0.2, 0.25) is 5.91 Å². The number of halogens is 2. The Balaban J connectivity index is 1.84. The Bertz CT molecular complexity index is 610. The summed E-state index contributed by atoms with van der Waals surface area (Å²) in [6, 6.07) is 10.1. The van der Waals surface area contributed by atoms with Crippen molar-refractivity contribution in [2.75, 3.05) is 17.7 Å². The van der Waals surface area contributed by atoms with Gasteiger partial charge in [0, 0.05) is 5.69 Å². The fourth-order valence-corrected chi connectivity index (χ4v) is 1.64. The zero-order valence-electron chi connectivity index (χ0n) is 11.1. The summed E-state index contributed by atoms with van der Waals surface area (Å²) < 4.78 is 32.0. The Morgan fingerprint density at radius 3 is 2.33 bits per heavy atom. The molecule has 0 unspecified atom stereocenters. The summed E-state index contributed by atoms with van der Waals surface area (Å²) in [7, 11) is 0. The first-order valence-electron chi connectivity index (χ1n) is 6.28. The van der Waals surface area contributed by atoms with Gasteiger partial charge < -0.3 is 15.8 Å². The van der Waals surface area contributed by atoms with E-state index in [0.29, 0.717) is 11.4 Å². The number of hydrogen-bond donors (Lipinski definition) is 2. The molecule has 0 aromatic heterocycles. The number of nitrogens with one attached hydrogen (secondary N) is 1. The van der Waals surface area contributed by atoms with Crippen LogP contribution >= 0.6 is 0 Å². The highest BCUT2D eigenvalue weighted by atomic mass is 19.1. The van der Waals surface area contributed by atoms with E-state index in [4.69, 9.17) is 10.5 Å². The first-order chi connectivity index (χ1) is 10.1. The van der Waals surface area contributed by atoms with Gasteiger partial charge in [-0.05, 0) is 36.4 Å². The molecule has 0 heterocycles. The van der Waals surface area contributed by atoms with Crippen LogP contribution in [0.2, 0.25) is 0 Å². The zero-order valence-corrected chi connectivity index (χ0v) is 11.1. The standard InChI is InChI=1S/C15H14F2N2O2/c16-12-2-1-3-13(17)15(12)19-14(20)8-9-21-11-6-4-10(18)5-7-11/h1-7H,8-9,18H2,(H,19,20). The van der Waals surface area contributed by atoms with Crippen LogP contribution in [0.15, 0.2) is 42.5 Å². The minimum Gasteiger partial charge on any atom is -0.493 e. The van der Waals surface area contributed by atoms with Gasteiger partial charge in [-0.2, -0.15) is 0 Å². The number of ether oxygens (including phenoxy) is 1. The number of rotatable bonds is 5. The molecule has 2 aromatic carbocycles. The lowest BCUT2D eigenvalue weighted by molar-refractivity contribution is -0.116. The van der Waals surface area contributed by atoms with Gasteiger partial charge in [0.15, 0.2) is 0 Å². The van der Waals surface area contributed by atoms with Crippen LogP contribution in [0.3, 0.4) is 0 Å². The van der Waals surface area contributed by atoms with Crippen LogP contribution in [0.1, 0.15) is 6.42 Å². The molecule has 0 aliphatic rings. The second-order valence-electron chi connectivity index (χ2n) is 4.31. The van der Waals surface area contributed by atoms with Crippen molar-refractivity contribution < 1.29 is 18.3 Å². The van der Waals surface area contributed by atoms with Gasteiger partial charge in [-0.25, -0.2) is 8.78 Å². The molecular weight excluding hydrogens is 278 g/mol. The van der Waals surface area contributed by atoms with E-state index < -0.39 is 23.2 Å². The van der Waals surface area contributed by atoms with Crippen molar-refractivity contribution in [3.63, 3.8) is 0 Å². The van der Waals surface area contributed by atoms with E-state index in [2.05, 4.69) is 5.32 Å². The predicted octanol–water partition coefficient (Wildman–Crippen LogP) is 2.95. The molecule has 2 aromatic rings. The van der Waals surface area contributed by atoms with E-state index in [-0.39, 0.29) is 13.0 Å². The highest BCUT2D eigenvalue weighted by Gasteiger charge is 2.11. The summed E-state index contributed by atoms with van der Waals surface area (Å²) in [5.74, 6) is -1.60. The van der Waals surface area contributed by atoms with Crippen molar-refractivity contribution in [1.82, 2.24) is 0 Å². The third kappa shape index (κ3) is 4.17. The molecule has 0 fully saturated rings. The predicted molar refractivity (Wildman–Crippen MR) is 76.0 cm³/mol. The molecule has 2 rings (SSSR count). The Morgan fingerprint density at radius 1 is 1.10 bits per heavy atom. The average Bonchev–Trinajstić information content (AvgIpc) is 2.45. The van der Waals surface area contributed by atoms with Crippen molar-refractivity contribution in [1.29, 1.82) is 0 Å². The Kier molecular flexibility index (Phi) is 4.71. The fourth-order valence-electron chi connectivity index (χ4n) is 1.64. The lowest BCUT2D eigenvalue weighted by Crippen LogP contribution is -2.17. The smallest absolute Gasteiger partial charge is 0.227 e. The van der Waals surface area contributed by atoms with Crippen molar-refractivity contribution in [3.8, 4) is 5.75 Å². The Morgan fingerprint density at radius 2 is 1.71 bits per heavy atom. The molecule has 0 aliphatic carbocycles. The van der Waals surface area contributed by atoms with Crippen LogP contribution in [0.4, 0.5) is 20.2 Å². The van der Waals surface area contributed by atoms with E-state index >= 15 is 0 Å². The highest BCUT2D eigenvalue weighted by Crippen LogP contribution is 2.18. The maximum Gasteiger partial charge on any atom is 0.227 e. The van der Waals surface area contributed by atoms with Crippen molar-refractivity contribution in [2.45, 2.75) is 6.42 Å². The molecule has 4 nitrogen and oxygen atoms in total. The summed E-state index contributed by atoms with van der Waals surface area (Å²) in [4.78, 5) is 11.6. The van der Waals surface area contributed by atoms with Crippen molar-refractivity contribution >= 4 is 17.3 Å². The van der Waals surface area contributed by atoms with E-state index in [1.54, 1.807) is 24.3 Å². The molecule has 0 atom stereocenters. The molecule has 6 heteroatoms. The van der Waals surface area contributed by atoms with Gasteiger partial charge in [-0.3, -0.25) is 4.79 Å². The molecule has 1 amide bonds. The number of amides is 1. The number of nitrogens with two attached hydrogens (primary N) is 1. The number of anilines is 2. The summed E-state index contributed by atoms with van der Waals surface area (Å²) in [6.07, 6.45) is -0.0296. The third-order valence-corrected chi connectivity index (χ3v) is 2.71. The molecule has 0 saturated heterocycles. The quantitative estimate of drug-likeness (QED) is 0.833. The summed E-state index contributed by atoms with van der Waals surface area (Å²) in [5, 5.41) is 2.18. The van der Waals surface area contributed by atoms with Crippen LogP contribution in [0.5, 0.6) is 5.75 Å². The maximum atomic E-state index is 13.3. The molecule has 0 aliphatic heterocycles. The first kappa shape index (κ1) is 14.8. The minimum atomic E-state index is -0.817. The van der Waals surface area contributed by atoms with Crippen LogP contribution in [0.25, 0.3) is 0 Å². The topological polar surface area (TPSA) is 64.3 Å². The third-order valence-electron chi connectivity index (χ3n) is 2.71. The van der Waals surface area contributed by atoms with E-state index in [9.17, 15) is 13.6 Å². The van der Waals surface area contributed by atoms with Gasteiger partial charge in [-0.15, -0.1) is 0 Å². The molecule has 0 radical (unpaired) electrons. The number of para-hydroxylation sites is 1. The lowest BCUT2D eigenvalue weighted by atomic mass is 10.2. The number of benzene rings is 2. The highest BCUT2D eigenvalue weighted by molar-refractivity contribution is 5.91. The normalized spacial score (nSPS) is 10.2. The summed E-state index contributed by atoms with van der Waals surface area (Å²) >= 11 is 0. The van der Waals surface area contributed by atoms with Gasteiger partial charge in [-0.1, -0.05) is 6.07 Å². The molecular formula is C15H14F2N2O2. The fraction of sp³-hybridized carbons (Fsp3) is 0.133. The summed E-state index contributed by atoms with van der Waals surface area (Å²) in [6.45, 7) is 0.0891. The SMILES string of the molecule is Nc1ccc(OCCC(=O)Nc2c(F)cccc2F)cc1. The van der Waals surface area contributed by atoms with E-state index in [1.807, 2.05) is 0 Å². The second kappa shape index (κ2) is 6.69. The monoisotopic (exact) mass is 292 g/mol. The Labute approximate surface area is 120 Å². The van der Waals surface area contributed by atoms with Crippen LogP contribution in [0, 0.1) is 11.6 Å². The van der Waals surface area contributed by atoms with Gasteiger partial charge in [0.25, 0.3) is 0 Å².